The van der Waals surface area contributed by atoms with E-state index >= 15 is 0 Å². The van der Waals surface area contributed by atoms with Crippen LogP contribution in [0.2, 0.25) is 0 Å². The summed E-state index contributed by atoms with van der Waals surface area (Å²) in [6.07, 6.45) is 12.5. The number of alkyl carbamates (subject to hydrolysis) is 1. The molecular formula is C42H46N8O7S. The fourth-order valence-electron chi connectivity index (χ4n) is 8.09. The molecule has 2 aliphatic carbocycles. The van der Waals surface area contributed by atoms with Gasteiger partial charge in [0.15, 0.2) is 0 Å². The predicted octanol–water partition coefficient (Wildman–Crippen LogP) is 5.00. The van der Waals surface area contributed by atoms with E-state index < -0.39 is 53.4 Å². The lowest BCUT2D eigenvalue weighted by Gasteiger charge is -2.30. The lowest BCUT2D eigenvalue weighted by atomic mass is 10.0. The molecule has 0 unspecified atom stereocenters. The molecule has 5 atom stereocenters. The van der Waals surface area contributed by atoms with Crippen molar-refractivity contribution in [3.05, 3.63) is 84.0 Å². The molecule has 302 valence electrons. The molecule has 3 fully saturated rings. The Hall–Kier alpha value is -5.90. The van der Waals surface area contributed by atoms with E-state index in [2.05, 4.69) is 26.5 Å². The molecule has 8 rings (SSSR count). The Morgan fingerprint density at radius 1 is 0.897 bits per heavy atom. The highest BCUT2D eigenvalue weighted by atomic mass is 32.1. The highest BCUT2D eigenvalue weighted by molar-refractivity contribution is 7.13. The van der Waals surface area contributed by atoms with E-state index in [0.29, 0.717) is 36.0 Å². The third-order valence-corrected chi connectivity index (χ3v) is 12.2. The number of nitrogens with one attached hydrogen (secondary N) is 4. The lowest BCUT2D eigenvalue weighted by Crippen LogP contribution is -2.59. The van der Waals surface area contributed by atoms with Crippen molar-refractivity contribution in [2.24, 2.45) is 5.92 Å². The van der Waals surface area contributed by atoms with Crippen molar-refractivity contribution in [2.45, 2.75) is 100 Å². The molecule has 15 nitrogen and oxygen atoms in total. The topological polar surface area (TPSA) is 194 Å². The summed E-state index contributed by atoms with van der Waals surface area (Å²) in [5.41, 5.74) is 5.67. The lowest BCUT2D eigenvalue weighted by molar-refractivity contribution is -0.141. The number of allylic oxidation sites excluding steroid dienone is 1. The summed E-state index contributed by atoms with van der Waals surface area (Å²) >= 11 is 1.49. The van der Waals surface area contributed by atoms with E-state index in [1.807, 2.05) is 53.9 Å². The zero-order valence-corrected chi connectivity index (χ0v) is 32.7. The van der Waals surface area contributed by atoms with E-state index in [1.54, 1.807) is 12.1 Å². The van der Waals surface area contributed by atoms with Gasteiger partial charge in [0.25, 0.3) is 11.8 Å². The maximum atomic E-state index is 14.7. The summed E-state index contributed by atoms with van der Waals surface area (Å²) in [6, 6.07) is 12.4. The van der Waals surface area contributed by atoms with E-state index in [9.17, 15) is 24.0 Å². The molecule has 1 saturated heterocycles. The van der Waals surface area contributed by atoms with Crippen LogP contribution in [0, 0.1) is 5.92 Å². The van der Waals surface area contributed by atoms with Crippen LogP contribution in [0.3, 0.4) is 0 Å². The number of hydrogen-bond acceptors (Lipinski definition) is 11. The summed E-state index contributed by atoms with van der Waals surface area (Å²) in [5.74, 6) is -2.25. The molecule has 0 bridgehead atoms. The van der Waals surface area contributed by atoms with E-state index in [4.69, 9.17) is 19.4 Å². The molecule has 1 aromatic carbocycles. The van der Waals surface area contributed by atoms with Crippen molar-refractivity contribution in [3.8, 4) is 16.5 Å². The van der Waals surface area contributed by atoms with Gasteiger partial charge in [0.2, 0.25) is 17.7 Å². The third kappa shape index (κ3) is 8.66. The first-order valence-electron chi connectivity index (χ1n) is 20.0. The number of nitrogens with zero attached hydrogens (tertiary/aromatic N) is 4. The standard InChI is InChI=1S/C42H46N8O7S/c51-36(26-12-10-20-43-24-26)48-49-40(54)42-23-27(42)13-4-2-1-3-5-18-32(46-41(55)57-28-14-6-7-15-28)39(53)50-25-29(22-33(50)37(52)47-42)56-38-35(34-19-11-21-58-34)44-30-16-8-9-17-31(30)45-38/h4,8-13,16-17,19-21,24,27-29,32-33H,1-3,5-7,14-15,18,22-23,25H2,(H,46,55)(H,47,52)(H,48,51)(H,49,54)/t27-,29-,32+,33+,42-/m1/s1. The van der Waals surface area contributed by atoms with Gasteiger partial charge in [-0.15, -0.1) is 11.3 Å². The Labute approximate surface area is 339 Å². The quantitative estimate of drug-likeness (QED) is 0.146. The predicted molar refractivity (Wildman–Crippen MR) is 214 cm³/mol. The van der Waals surface area contributed by atoms with Crippen molar-refractivity contribution >= 4 is 52.1 Å². The van der Waals surface area contributed by atoms with Gasteiger partial charge in [0.1, 0.15) is 35.5 Å². The van der Waals surface area contributed by atoms with Crippen molar-refractivity contribution in [1.29, 1.82) is 0 Å². The molecule has 16 heteroatoms. The van der Waals surface area contributed by atoms with Crippen LogP contribution < -0.4 is 26.2 Å². The molecule has 0 spiro atoms. The SMILES string of the molecule is O=C(N[C@H]1CCCCCC=C[C@@H]2C[C@@]2(C(=O)NNC(=O)c2cccnc2)NC(=O)[C@@H]2C[C@@H](Oc3nc4ccccc4nc3-c3cccs3)CN2C1=O)OC1CCCC1. The number of carbonyl (C=O) groups is 5. The highest BCUT2D eigenvalue weighted by Crippen LogP contribution is 2.45. The zero-order chi connectivity index (χ0) is 40.1. The van der Waals surface area contributed by atoms with Crippen LogP contribution in [0.4, 0.5) is 4.79 Å². The Kier molecular flexibility index (Phi) is 11.6. The first-order chi connectivity index (χ1) is 28.3. The molecule has 5 heterocycles. The van der Waals surface area contributed by atoms with Crippen LogP contribution in [0.15, 0.2) is 78.5 Å². The molecular weight excluding hydrogens is 761 g/mol. The van der Waals surface area contributed by atoms with Gasteiger partial charge in [-0.05, 0) is 87.1 Å². The van der Waals surface area contributed by atoms with Crippen LogP contribution in [0.25, 0.3) is 21.6 Å². The van der Waals surface area contributed by atoms with Crippen molar-refractivity contribution in [3.63, 3.8) is 0 Å². The number of benzene rings is 1. The van der Waals surface area contributed by atoms with Gasteiger partial charge in [-0.3, -0.25) is 35.0 Å². The molecule has 2 aliphatic heterocycles. The maximum absolute atomic E-state index is 14.7. The second-order valence-corrected chi connectivity index (χ2v) is 16.3. The number of hydrogen-bond donors (Lipinski definition) is 4. The number of hydrazine groups is 1. The first kappa shape index (κ1) is 38.9. The number of ether oxygens (including phenoxy) is 2. The normalized spacial score (nSPS) is 25.1. The Bertz CT molecular complexity index is 2180. The molecule has 5 amide bonds. The average Bonchev–Trinajstić information content (AvgIpc) is 3.74. The number of rotatable bonds is 7. The van der Waals surface area contributed by atoms with Gasteiger partial charge in [-0.25, -0.2) is 14.8 Å². The molecule has 0 radical (unpaired) electrons. The maximum Gasteiger partial charge on any atom is 0.408 e. The van der Waals surface area contributed by atoms with Crippen LogP contribution in [-0.2, 0) is 19.1 Å². The number of amides is 5. The second kappa shape index (κ2) is 17.3. The molecule has 58 heavy (non-hydrogen) atoms. The van der Waals surface area contributed by atoms with Gasteiger partial charge in [-0.2, -0.15) is 0 Å². The van der Waals surface area contributed by atoms with Crippen LogP contribution in [0.5, 0.6) is 5.88 Å². The van der Waals surface area contributed by atoms with Crippen LogP contribution in [-0.4, -0.2) is 85.9 Å². The molecule has 2 saturated carbocycles. The Morgan fingerprint density at radius 3 is 2.48 bits per heavy atom. The van der Waals surface area contributed by atoms with Gasteiger partial charge in [0.05, 0.1) is 28.0 Å². The van der Waals surface area contributed by atoms with Gasteiger partial charge in [0, 0.05) is 24.7 Å². The first-order valence-corrected chi connectivity index (χ1v) is 20.9. The molecule has 3 aromatic heterocycles. The van der Waals surface area contributed by atoms with E-state index in [-0.39, 0.29) is 36.4 Å². The Balaban J connectivity index is 1.08. The summed E-state index contributed by atoms with van der Waals surface area (Å²) in [5, 5.41) is 7.76. The molecule has 4 aliphatic rings. The van der Waals surface area contributed by atoms with Gasteiger partial charge < -0.3 is 25.0 Å². The minimum absolute atomic E-state index is 0.00879. The molecule has 4 N–H and O–H groups in total. The largest absolute Gasteiger partial charge is 0.471 e. The van der Waals surface area contributed by atoms with Crippen molar-refractivity contribution < 1.29 is 33.4 Å². The summed E-state index contributed by atoms with van der Waals surface area (Å²) in [4.78, 5) is 85.1. The minimum atomic E-state index is -1.39. The van der Waals surface area contributed by atoms with Crippen molar-refractivity contribution in [1.82, 2.24) is 41.3 Å². The zero-order valence-electron chi connectivity index (χ0n) is 31.9. The number of fused-ring (bicyclic) bond motifs is 3. The second-order valence-electron chi connectivity index (χ2n) is 15.3. The minimum Gasteiger partial charge on any atom is -0.471 e. The summed E-state index contributed by atoms with van der Waals surface area (Å²) in [6.45, 7) is 0.00879. The summed E-state index contributed by atoms with van der Waals surface area (Å²) in [7, 11) is 0. The Morgan fingerprint density at radius 2 is 1.71 bits per heavy atom. The van der Waals surface area contributed by atoms with Crippen LogP contribution >= 0.6 is 11.3 Å². The monoisotopic (exact) mass is 806 g/mol. The summed E-state index contributed by atoms with van der Waals surface area (Å²) < 4.78 is 12.3. The highest BCUT2D eigenvalue weighted by Gasteiger charge is 2.61. The van der Waals surface area contributed by atoms with Gasteiger partial charge in [-0.1, -0.05) is 43.2 Å². The average molecular weight is 807 g/mol. The molecule has 4 aromatic rings. The van der Waals surface area contributed by atoms with Gasteiger partial charge >= 0.3 is 6.09 Å². The van der Waals surface area contributed by atoms with E-state index in [1.165, 1.54) is 28.6 Å². The van der Waals surface area contributed by atoms with E-state index in [0.717, 1.165) is 49.8 Å². The van der Waals surface area contributed by atoms with Crippen LogP contribution in [0.1, 0.15) is 81.0 Å². The number of thiophene rings is 1. The number of aromatic nitrogens is 3. The number of pyridine rings is 1. The fraction of sp³-hybridized carbons (Fsp3) is 0.429. The number of carbonyl (C=O) groups excluding carboxylic acids is 5. The third-order valence-electron chi connectivity index (χ3n) is 11.3. The fourth-order valence-corrected chi connectivity index (χ4v) is 8.80. The van der Waals surface area contributed by atoms with Crippen molar-refractivity contribution in [2.75, 3.05) is 6.54 Å². The smallest absolute Gasteiger partial charge is 0.408 e. The number of para-hydroxylation sites is 2.